The number of amides is 1. The Morgan fingerprint density at radius 1 is 1.14 bits per heavy atom. The average Bonchev–Trinajstić information content (AvgIpc) is 2.38. The van der Waals surface area contributed by atoms with Gasteiger partial charge in [0, 0.05) is 5.56 Å². The van der Waals surface area contributed by atoms with Crippen LogP contribution in [-0.2, 0) is 11.2 Å². The van der Waals surface area contributed by atoms with Gasteiger partial charge in [-0.3, -0.25) is 9.69 Å². The molecule has 1 amide bonds. The normalized spacial score (nSPS) is 10.5. The van der Waals surface area contributed by atoms with Crippen molar-refractivity contribution < 1.29 is 4.79 Å². The van der Waals surface area contributed by atoms with Gasteiger partial charge in [-0.05, 0) is 55.1 Å². The number of hydrogen-bond donors (Lipinski definition) is 0. The molecule has 0 spiro atoms. The summed E-state index contributed by atoms with van der Waals surface area (Å²) < 4.78 is 0. The van der Waals surface area contributed by atoms with Gasteiger partial charge in [-0.2, -0.15) is 4.98 Å². The molecular formula is C15H15Cl2N3O. The molecule has 4 nitrogen and oxygen atoms in total. The topological polar surface area (TPSA) is 46.1 Å². The summed E-state index contributed by atoms with van der Waals surface area (Å²) in [6, 6.07) is 5.85. The minimum absolute atomic E-state index is 0.0171. The van der Waals surface area contributed by atoms with Crippen molar-refractivity contribution in [2.75, 3.05) is 4.90 Å². The fraction of sp³-hybridized carbons (Fsp3) is 0.267. The van der Waals surface area contributed by atoms with Crippen LogP contribution in [0.2, 0.25) is 10.4 Å². The Labute approximate surface area is 133 Å². The zero-order valence-electron chi connectivity index (χ0n) is 12.0. The molecule has 0 aliphatic rings. The minimum atomic E-state index is 0.0171. The van der Waals surface area contributed by atoms with Crippen molar-refractivity contribution >= 4 is 41.1 Å². The lowest BCUT2D eigenvalue weighted by atomic mass is 10.1. The van der Waals surface area contributed by atoms with Crippen LogP contribution in [0.25, 0.3) is 0 Å². The summed E-state index contributed by atoms with van der Waals surface area (Å²) in [6.45, 7) is 5.87. The van der Waals surface area contributed by atoms with Gasteiger partial charge in [0.05, 0.1) is 5.69 Å². The lowest BCUT2D eigenvalue weighted by Gasteiger charge is -2.20. The number of anilines is 2. The van der Waals surface area contributed by atoms with E-state index in [1.54, 1.807) is 0 Å². The van der Waals surface area contributed by atoms with Gasteiger partial charge in [0.25, 0.3) is 0 Å². The molecule has 0 aliphatic carbocycles. The molecular weight excluding hydrogens is 309 g/mol. The second kappa shape index (κ2) is 6.41. The molecule has 0 fully saturated rings. The highest BCUT2D eigenvalue weighted by Crippen LogP contribution is 2.31. The van der Waals surface area contributed by atoms with E-state index < -0.39 is 0 Å². The molecule has 1 aromatic heterocycles. The van der Waals surface area contributed by atoms with Gasteiger partial charge in [-0.15, -0.1) is 0 Å². The maximum Gasteiger partial charge on any atom is 0.225 e. The summed E-state index contributed by atoms with van der Waals surface area (Å²) in [4.78, 5) is 21.1. The molecule has 1 heterocycles. The Morgan fingerprint density at radius 2 is 1.76 bits per heavy atom. The third kappa shape index (κ3) is 3.34. The zero-order valence-corrected chi connectivity index (χ0v) is 13.5. The molecule has 0 bridgehead atoms. The number of aromatic nitrogens is 2. The second-order valence-corrected chi connectivity index (χ2v) is 5.46. The number of rotatable bonds is 4. The van der Waals surface area contributed by atoms with E-state index in [0.717, 1.165) is 16.8 Å². The van der Waals surface area contributed by atoms with E-state index in [-0.39, 0.29) is 10.4 Å². The van der Waals surface area contributed by atoms with Crippen molar-refractivity contribution in [2.45, 2.75) is 27.2 Å². The SMILES string of the molecule is CCc1c(Cl)nc(Cl)nc1N(C=O)c1cc(C)cc(C)c1. The Hall–Kier alpha value is -1.65. The van der Waals surface area contributed by atoms with Crippen LogP contribution in [0.3, 0.4) is 0 Å². The van der Waals surface area contributed by atoms with E-state index in [2.05, 4.69) is 9.97 Å². The number of hydrogen-bond acceptors (Lipinski definition) is 3. The van der Waals surface area contributed by atoms with Gasteiger partial charge < -0.3 is 0 Å². The van der Waals surface area contributed by atoms with Crippen molar-refractivity contribution in [1.82, 2.24) is 9.97 Å². The molecule has 1 aromatic carbocycles. The molecule has 0 saturated carbocycles. The molecule has 0 aliphatic heterocycles. The minimum Gasteiger partial charge on any atom is -0.278 e. The van der Waals surface area contributed by atoms with E-state index in [4.69, 9.17) is 23.2 Å². The fourth-order valence-electron chi connectivity index (χ4n) is 2.25. The molecule has 0 radical (unpaired) electrons. The highest BCUT2D eigenvalue weighted by Gasteiger charge is 2.18. The third-order valence-electron chi connectivity index (χ3n) is 3.08. The summed E-state index contributed by atoms with van der Waals surface area (Å²) in [5, 5.41) is 0.284. The number of benzene rings is 1. The van der Waals surface area contributed by atoms with Crippen LogP contribution in [0.1, 0.15) is 23.6 Å². The van der Waals surface area contributed by atoms with E-state index >= 15 is 0 Å². The van der Waals surface area contributed by atoms with E-state index in [1.165, 1.54) is 4.90 Å². The Bertz CT molecular complexity index is 669. The molecule has 2 rings (SSSR count). The molecule has 6 heteroatoms. The summed E-state index contributed by atoms with van der Waals surface area (Å²) in [5.74, 6) is 0.419. The monoisotopic (exact) mass is 323 g/mol. The zero-order chi connectivity index (χ0) is 15.6. The first-order valence-electron chi connectivity index (χ1n) is 6.51. The second-order valence-electron chi connectivity index (χ2n) is 4.76. The van der Waals surface area contributed by atoms with Gasteiger partial charge in [-0.1, -0.05) is 24.6 Å². The van der Waals surface area contributed by atoms with Gasteiger partial charge in [0.15, 0.2) is 0 Å². The fourth-order valence-corrected chi connectivity index (χ4v) is 2.75. The van der Waals surface area contributed by atoms with Crippen LogP contribution in [0.15, 0.2) is 18.2 Å². The standard InChI is InChI=1S/C15H15Cl2N3O/c1-4-12-13(16)18-15(17)19-14(12)20(8-21)11-6-9(2)5-10(3)7-11/h5-8H,4H2,1-3H3. The molecule has 21 heavy (non-hydrogen) atoms. The molecule has 2 aromatic rings. The Balaban J connectivity index is 2.63. The van der Waals surface area contributed by atoms with Crippen LogP contribution in [0.5, 0.6) is 0 Å². The summed E-state index contributed by atoms with van der Waals surface area (Å²) in [5.41, 5.74) is 3.53. The quantitative estimate of drug-likeness (QED) is 0.480. The number of nitrogens with zero attached hydrogens (tertiary/aromatic N) is 3. The van der Waals surface area contributed by atoms with E-state index in [0.29, 0.717) is 24.2 Å². The third-order valence-corrected chi connectivity index (χ3v) is 3.56. The van der Waals surface area contributed by atoms with E-state index in [1.807, 2.05) is 39.0 Å². The number of carbonyl (C=O) groups is 1. The smallest absolute Gasteiger partial charge is 0.225 e. The van der Waals surface area contributed by atoms with Crippen LogP contribution < -0.4 is 4.90 Å². The van der Waals surface area contributed by atoms with Gasteiger partial charge in [0.2, 0.25) is 11.7 Å². The first-order valence-corrected chi connectivity index (χ1v) is 7.26. The predicted molar refractivity (Wildman–Crippen MR) is 85.5 cm³/mol. The lowest BCUT2D eigenvalue weighted by Crippen LogP contribution is -2.18. The maximum atomic E-state index is 11.6. The van der Waals surface area contributed by atoms with Crippen molar-refractivity contribution in [2.24, 2.45) is 0 Å². The summed E-state index contributed by atoms with van der Waals surface area (Å²) >= 11 is 12.0. The van der Waals surface area contributed by atoms with Crippen LogP contribution in [-0.4, -0.2) is 16.4 Å². The predicted octanol–water partition coefficient (Wildman–Crippen LogP) is 4.26. The average molecular weight is 324 g/mol. The number of carbonyl (C=O) groups excluding carboxylic acids is 1. The number of halogens is 2. The summed E-state index contributed by atoms with van der Waals surface area (Å²) in [6.07, 6.45) is 1.31. The van der Waals surface area contributed by atoms with E-state index in [9.17, 15) is 4.79 Å². The highest BCUT2D eigenvalue weighted by atomic mass is 35.5. The van der Waals surface area contributed by atoms with Gasteiger partial charge in [0.1, 0.15) is 11.0 Å². The molecule has 0 saturated heterocycles. The molecule has 0 atom stereocenters. The first kappa shape index (κ1) is 15.7. The molecule has 0 N–H and O–H groups in total. The van der Waals surface area contributed by atoms with Crippen molar-refractivity contribution in [3.8, 4) is 0 Å². The molecule has 110 valence electrons. The molecule has 0 unspecified atom stereocenters. The Morgan fingerprint density at radius 3 is 2.29 bits per heavy atom. The first-order chi connectivity index (χ1) is 9.96. The van der Waals surface area contributed by atoms with Crippen LogP contribution >= 0.6 is 23.2 Å². The van der Waals surface area contributed by atoms with Crippen molar-refractivity contribution in [3.63, 3.8) is 0 Å². The van der Waals surface area contributed by atoms with Crippen molar-refractivity contribution in [1.29, 1.82) is 0 Å². The van der Waals surface area contributed by atoms with Crippen LogP contribution in [0, 0.1) is 13.8 Å². The summed E-state index contributed by atoms with van der Waals surface area (Å²) in [7, 11) is 0. The van der Waals surface area contributed by atoms with Crippen molar-refractivity contribution in [3.05, 3.63) is 45.3 Å². The number of aryl methyl sites for hydroxylation is 2. The van der Waals surface area contributed by atoms with Gasteiger partial charge >= 0.3 is 0 Å². The van der Waals surface area contributed by atoms with Crippen LogP contribution in [0.4, 0.5) is 11.5 Å². The lowest BCUT2D eigenvalue weighted by molar-refractivity contribution is -0.106. The highest BCUT2D eigenvalue weighted by molar-refractivity contribution is 6.32. The maximum absolute atomic E-state index is 11.6. The Kier molecular flexibility index (Phi) is 4.80. The van der Waals surface area contributed by atoms with Gasteiger partial charge in [-0.25, -0.2) is 4.98 Å². The largest absolute Gasteiger partial charge is 0.278 e.